The molecule has 0 fully saturated rings. The van der Waals surface area contributed by atoms with E-state index in [0.29, 0.717) is 6.54 Å². The van der Waals surface area contributed by atoms with Gasteiger partial charge in [0.25, 0.3) is 0 Å². The summed E-state index contributed by atoms with van der Waals surface area (Å²) in [6, 6.07) is 8.59. The Balaban J connectivity index is 5.37. The quantitative estimate of drug-likeness (QED) is 0.130. The Labute approximate surface area is 327 Å². The van der Waals surface area contributed by atoms with Crippen LogP contribution in [0, 0.1) is 0 Å². The molecule has 1 aromatic rings. The third kappa shape index (κ3) is 10.3. The molecule has 0 atom stereocenters. The van der Waals surface area contributed by atoms with E-state index in [2.05, 4.69) is 249 Å². The molecule has 0 radical (unpaired) electrons. The summed E-state index contributed by atoms with van der Waals surface area (Å²) >= 11 is 0. The molecular formula is C32H78N16P5+. The van der Waals surface area contributed by atoms with Gasteiger partial charge in [0, 0.05) is 6.54 Å². The van der Waals surface area contributed by atoms with Crippen LogP contribution in [0.5, 0.6) is 0 Å². The highest BCUT2D eigenvalue weighted by atomic mass is 31.3. The first-order chi connectivity index (χ1) is 24.1. The molecule has 16 nitrogen and oxygen atoms in total. The largest absolute Gasteiger partial charge is 0.502 e. The SMILES string of the molecule is C=Cc1ccc(CN(C)P(=N[P+](N=P(N(C)C)(N(C)C)N(C)C)(N=P(N(C)C)(N(C)C)N(C)C)N=P(N(C)C)(N(C)C)N(C)C)(N(C)C)N(C)C)cc1. The van der Waals surface area contributed by atoms with Crippen molar-refractivity contribution in [2.24, 2.45) is 18.1 Å². The fourth-order valence-corrected chi connectivity index (χ4v) is 31.3. The third-order valence-electron chi connectivity index (χ3n) is 8.95. The molecule has 0 N–H and O–H groups in total. The molecule has 0 heterocycles. The number of hydrogen-bond acceptors (Lipinski definition) is 4. The minimum Gasteiger partial charge on any atom is -0.249 e. The van der Waals surface area contributed by atoms with E-state index >= 15 is 0 Å². The van der Waals surface area contributed by atoms with Gasteiger partial charge in [0.2, 0.25) is 30.0 Å². The van der Waals surface area contributed by atoms with Crippen molar-refractivity contribution in [1.29, 1.82) is 0 Å². The summed E-state index contributed by atoms with van der Waals surface area (Å²) in [6.45, 7) is 4.62. The van der Waals surface area contributed by atoms with E-state index in [4.69, 9.17) is 18.1 Å². The average Bonchev–Trinajstić information content (AvgIpc) is 3.02. The van der Waals surface area contributed by atoms with Gasteiger partial charge >= 0.3 is 7.87 Å². The predicted molar refractivity (Wildman–Crippen MR) is 243 cm³/mol. The summed E-state index contributed by atoms with van der Waals surface area (Å²) in [5.74, 6) is 0. The maximum Gasteiger partial charge on any atom is 0.502 e. The van der Waals surface area contributed by atoms with Crippen LogP contribution in [-0.4, -0.2) is 218 Å². The zero-order valence-electron chi connectivity index (χ0n) is 37.7. The van der Waals surface area contributed by atoms with Gasteiger partial charge in [-0.25, -0.2) is 56.0 Å². The number of rotatable bonds is 19. The number of benzene rings is 1. The predicted octanol–water partition coefficient (Wildman–Crippen LogP) is 7.40. The Morgan fingerprint density at radius 3 is 0.849 bits per heavy atom. The first-order valence-electron chi connectivity index (χ1n) is 17.5. The molecule has 0 aliphatic rings. The van der Waals surface area contributed by atoms with Crippen molar-refractivity contribution < 1.29 is 0 Å². The van der Waals surface area contributed by atoms with Crippen LogP contribution in [0.4, 0.5) is 0 Å². The van der Waals surface area contributed by atoms with Gasteiger partial charge in [-0.15, -0.1) is 0 Å². The van der Waals surface area contributed by atoms with Gasteiger partial charge in [0.1, 0.15) is 0 Å². The molecular weight excluding hydrogens is 763 g/mol. The van der Waals surface area contributed by atoms with E-state index in [1.807, 2.05) is 6.08 Å². The third-order valence-corrected chi connectivity index (χ3v) is 29.5. The fraction of sp³-hybridized carbons (Fsp3) is 0.750. The molecule has 0 unspecified atom stereocenters. The Hall–Kier alpha value is -0.170. The Morgan fingerprint density at radius 1 is 0.415 bits per heavy atom. The molecule has 53 heavy (non-hydrogen) atoms. The van der Waals surface area contributed by atoms with Gasteiger partial charge < -0.3 is 0 Å². The number of hydrogen-bond donors (Lipinski definition) is 0. The maximum atomic E-state index is 6.29. The van der Waals surface area contributed by atoms with Crippen molar-refractivity contribution in [2.75, 3.05) is 162 Å². The monoisotopic (exact) mass is 842 g/mol. The van der Waals surface area contributed by atoms with E-state index in [-0.39, 0.29) is 0 Å². The number of nitrogens with zero attached hydrogens (tertiary/aromatic N) is 16. The molecule has 21 heteroatoms. The van der Waals surface area contributed by atoms with Gasteiger partial charge in [0.15, 0.2) is 0 Å². The fourth-order valence-electron chi connectivity index (χ4n) is 7.01. The van der Waals surface area contributed by atoms with Crippen molar-refractivity contribution in [2.45, 2.75) is 6.54 Å². The lowest BCUT2D eigenvalue weighted by molar-refractivity contribution is 0.427. The minimum absolute atomic E-state index is 0.658. The van der Waals surface area contributed by atoms with Crippen LogP contribution in [0.15, 0.2) is 48.9 Å². The molecule has 0 aromatic heterocycles. The second kappa shape index (κ2) is 20.0. The zero-order chi connectivity index (χ0) is 41.7. The second-order valence-electron chi connectivity index (χ2n) is 15.1. The van der Waals surface area contributed by atoms with Gasteiger partial charge in [-0.05, 0) is 191 Å². The van der Waals surface area contributed by atoms with E-state index in [0.717, 1.165) is 5.56 Å². The summed E-state index contributed by atoms with van der Waals surface area (Å²) in [5.41, 5.74) is 2.27. The van der Waals surface area contributed by atoms with Gasteiger partial charge in [-0.1, -0.05) is 36.9 Å². The van der Waals surface area contributed by atoms with Crippen molar-refractivity contribution in [1.82, 2.24) is 56.0 Å². The normalized spacial score (nSPS) is 14.2. The van der Waals surface area contributed by atoms with Crippen LogP contribution in [0.3, 0.4) is 0 Å². The van der Waals surface area contributed by atoms with Gasteiger partial charge in [0.05, 0.1) is 0 Å². The molecule has 0 amide bonds. The standard InChI is InChI=1S/C32H78N16P5/c1-25-31-26-28-32(29-27-31)30-48(24)53(46(20)21,47(22)23)36-49(33-50(37(2)3,38(4)5)39(6)7,34-51(40(8)9,41(10)11)42(12)13)35-52(43(14)15,44(16)17)45(18)19/h25-29H,1,30H2,2-24H3/q+1. The highest BCUT2D eigenvalue weighted by Gasteiger charge is 2.57. The van der Waals surface area contributed by atoms with Gasteiger partial charge in [-0.2, -0.15) is 0 Å². The van der Waals surface area contributed by atoms with Crippen molar-refractivity contribution in [3.63, 3.8) is 0 Å². The Morgan fingerprint density at radius 2 is 0.642 bits per heavy atom. The Bertz CT molecular complexity index is 1360. The molecule has 0 bridgehead atoms. The lowest BCUT2D eigenvalue weighted by atomic mass is 10.1. The van der Waals surface area contributed by atoms with Crippen LogP contribution in [0.1, 0.15) is 11.1 Å². The topological polar surface area (TPSA) is 88.3 Å². The lowest BCUT2D eigenvalue weighted by Crippen LogP contribution is -2.34. The highest BCUT2D eigenvalue weighted by Crippen LogP contribution is 2.86. The summed E-state index contributed by atoms with van der Waals surface area (Å²) in [4.78, 5) is 0. The average molecular weight is 842 g/mol. The molecule has 0 aliphatic heterocycles. The summed E-state index contributed by atoms with van der Waals surface area (Å²) in [7, 11) is 34.4. The first kappa shape index (κ1) is 50.8. The molecule has 1 rings (SSSR count). The first-order valence-corrected chi connectivity index (χ1v) is 25.5. The van der Waals surface area contributed by atoms with Crippen LogP contribution in [-0.2, 0) is 6.54 Å². The maximum absolute atomic E-state index is 6.29. The van der Waals surface area contributed by atoms with E-state index in [1.165, 1.54) is 5.56 Å². The summed E-state index contributed by atoms with van der Waals surface area (Å²) in [5, 5.41) is 0. The van der Waals surface area contributed by atoms with E-state index in [1.54, 1.807) is 0 Å². The van der Waals surface area contributed by atoms with Crippen LogP contribution < -0.4 is 0 Å². The van der Waals surface area contributed by atoms with Crippen LogP contribution >= 0.6 is 37.9 Å². The van der Waals surface area contributed by atoms with Crippen LogP contribution in [0.25, 0.3) is 6.08 Å². The molecule has 0 saturated heterocycles. The van der Waals surface area contributed by atoms with Crippen LogP contribution in [0.2, 0.25) is 0 Å². The molecule has 0 aliphatic carbocycles. The van der Waals surface area contributed by atoms with Crippen molar-refractivity contribution in [3.05, 3.63) is 42.0 Å². The van der Waals surface area contributed by atoms with Crippen molar-refractivity contribution >= 4 is 44.0 Å². The minimum atomic E-state index is -3.56. The molecule has 310 valence electrons. The lowest BCUT2D eigenvalue weighted by Gasteiger charge is -2.45. The molecule has 0 saturated carbocycles. The smallest absolute Gasteiger partial charge is 0.249 e. The molecule has 1 aromatic carbocycles. The summed E-state index contributed by atoms with van der Waals surface area (Å²) in [6.07, 6.45) is 1.88. The van der Waals surface area contributed by atoms with Crippen molar-refractivity contribution in [3.8, 4) is 0 Å². The Kier molecular flexibility index (Phi) is 19.2. The highest BCUT2D eigenvalue weighted by molar-refractivity contribution is 7.88. The summed E-state index contributed by atoms with van der Waals surface area (Å²) < 4.78 is 52.1. The second-order valence-corrected chi connectivity index (χ2v) is 32.8. The van der Waals surface area contributed by atoms with Gasteiger partial charge in [-0.3, -0.25) is 0 Å². The van der Waals surface area contributed by atoms with E-state index < -0.39 is 37.9 Å². The zero-order valence-corrected chi connectivity index (χ0v) is 42.2. The van der Waals surface area contributed by atoms with E-state index in [9.17, 15) is 0 Å². The molecule has 0 spiro atoms.